The molecule has 21 heavy (non-hydrogen) atoms. The Morgan fingerprint density at radius 2 is 1.90 bits per heavy atom. The molecule has 0 aliphatic rings. The second-order valence-corrected chi connectivity index (χ2v) is 5.62. The molecule has 1 N–H and O–H groups in total. The van der Waals surface area contributed by atoms with Crippen LogP contribution in [0.3, 0.4) is 0 Å². The van der Waals surface area contributed by atoms with Gasteiger partial charge in [0.05, 0.1) is 6.61 Å². The zero-order chi connectivity index (χ0) is 15.5. The van der Waals surface area contributed by atoms with E-state index in [1.54, 1.807) is 7.11 Å². The third-order valence-electron chi connectivity index (χ3n) is 4.06. The highest BCUT2D eigenvalue weighted by atomic mass is 16.5. The Kier molecular flexibility index (Phi) is 9.31. The molecule has 1 aromatic carbocycles. The molecule has 0 saturated heterocycles. The predicted molar refractivity (Wildman–Crippen MR) is 90.7 cm³/mol. The van der Waals surface area contributed by atoms with E-state index in [9.17, 15) is 0 Å². The zero-order valence-corrected chi connectivity index (χ0v) is 14.1. The number of rotatable bonds is 11. The third-order valence-corrected chi connectivity index (χ3v) is 4.06. The summed E-state index contributed by atoms with van der Waals surface area (Å²) in [5.74, 6) is 0. The number of hydrogen-bond donors (Lipinski definition) is 1. The van der Waals surface area contributed by atoms with Crippen molar-refractivity contribution in [2.24, 2.45) is 0 Å². The lowest BCUT2D eigenvalue weighted by molar-refractivity contribution is 0.0868. The van der Waals surface area contributed by atoms with Crippen LogP contribution in [0.4, 0.5) is 0 Å². The van der Waals surface area contributed by atoms with Gasteiger partial charge in [-0.25, -0.2) is 0 Å². The van der Waals surface area contributed by atoms with Gasteiger partial charge in [0, 0.05) is 32.3 Å². The second kappa shape index (κ2) is 10.8. The minimum atomic E-state index is 0.405. The quantitative estimate of drug-likeness (QED) is 0.632. The molecule has 0 fully saturated rings. The molecule has 0 aromatic heterocycles. The summed E-state index contributed by atoms with van der Waals surface area (Å²) in [5.41, 5.74) is 1.39. The lowest BCUT2D eigenvalue weighted by atomic mass is 10.0. The van der Waals surface area contributed by atoms with Gasteiger partial charge in [-0.1, -0.05) is 44.2 Å². The molecule has 3 nitrogen and oxygen atoms in total. The minimum Gasteiger partial charge on any atom is -0.383 e. The fourth-order valence-electron chi connectivity index (χ4n) is 2.63. The van der Waals surface area contributed by atoms with Gasteiger partial charge < -0.3 is 10.1 Å². The van der Waals surface area contributed by atoms with E-state index in [-0.39, 0.29) is 0 Å². The van der Waals surface area contributed by atoms with E-state index in [0.29, 0.717) is 12.1 Å². The Labute approximate surface area is 130 Å². The van der Waals surface area contributed by atoms with Crippen LogP contribution in [0.2, 0.25) is 0 Å². The van der Waals surface area contributed by atoms with Crippen LogP contribution in [-0.4, -0.2) is 44.3 Å². The number of nitrogens with one attached hydrogen (secondary N) is 1. The Balaban J connectivity index is 2.88. The fraction of sp³-hybridized carbons (Fsp3) is 0.667. The summed E-state index contributed by atoms with van der Waals surface area (Å²) in [7, 11) is 1.78. The molecule has 1 aromatic rings. The van der Waals surface area contributed by atoms with Crippen LogP contribution in [0.1, 0.15) is 45.2 Å². The topological polar surface area (TPSA) is 24.5 Å². The van der Waals surface area contributed by atoms with Crippen molar-refractivity contribution in [3.63, 3.8) is 0 Å². The molecule has 3 heteroatoms. The minimum absolute atomic E-state index is 0.405. The number of nitrogens with zero attached hydrogens (tertiary/aromatic N) is 1. The SMILES string of the molecule is CCCNCC(c1ccccc1)N(CCOC)C(C)CC. The van der Waals surface area contributed by atoms with Crippen molar-refractivity contribution in [1.29, 1.82) is 0 Å². The summed E-state index contributed by atoms with van der Waals surface area (Å²) in [6, 6.07) is 11.8. The Morgan fingerprint density at radius 1 is 1.19 bits per heavy atom. The van der Waals surface area contributed by atoms with Crippen LogP contribution in [0.5, 0.6) is 0 Å². The lowest BCUT2D eigenvalue weighted by Gasteiger charge is -2.36. The number of ether oxygens (including phenoxy) is 1. The molecule has 0 heterocycles. The molecule has 2 unspecified atom stereocenters. The van der Waals surface area contributed by atoms with Crippen LogP contribution in [0.15, 0.2) is 30.3 Å². The van der Waals surface area contributed by atoms with E-state index in [1.165, 1.54) is 12.0 Å². The van der Waals surface area contributed by atoms with Crippen molar-refractivity contribution in [2.75, 3.05) is 33.4 Å². The number of hydrogen-bond acceptors (Lipinski definition) is 3. The highest BCUT2D eigenvalue weighted by Crippen LogP contribution is 2.23. The summed E-state index contributed by atoms with van der Waals surface area (Å²) in [6.45, 7) is 10.6. The van der Waals surface area contributed by atoms with E-state index in [2.05, 4.69) is 61.3 Å². The molecule has 2 atom stereocenters. The second-order valence-electron chi connectivity index (χ2n) is 5.62. The van der Waals surface area contributed by atoms with E-state index in [0.717, 1.165) is 32.7 Å². The molecule has 0 bridgehead atoms. The summed E-state index contributed by atoms with van der Waals surface area (Å²) in [5, 5.41) is 3.59. The Hall–Kier alpha value is -0.900. The van der Waals surface area contributed by atoms with E-state index in [1.807, 2.05) is 0 Å². The van der Waals surface area contributed by atoms with Crippen molar-refractivity contribution in [3.05, 3.63) is 35.9 Å². The van der Waals surface area contributed by atoms with Crippen LogP contribution >= 0.6 is 0 Å². The average Bonchev–Trinajstić information content (AvgIpc) is 2.54. The van der Waals surface area contributed by atoms with Gasteiger partial charge in [-0.15, -0.1) is 0 Å². The maximum atomic E-state index is 5.32. The van der Waals surface area contributed by atoms with Gasteiger partial charge in [-0.2, -0.15) is 0 Å². The van der Waals surface area contributed by atoms with Crippen LogP contribution < -0.4 is 5.32 Å². The van der Waals surface area contributed by atoms with Crippen LogP contribution in [-0.2, 0) is 4.74 Å². The molecule has 0 aliphatic heterocycles. The average molecular weight is 292 g/mol. The molecule has 0 saturated carbocycles. The Morgan fingerprint density at radius 3 is 2.48 bits per heavy atom. The van der Waals surface area contributed by atoms with E-state index >= 15 is 0 Å². The maximum Gasteiger partial charge on any atom is 0.0590 e. The van der Waals surface area contributed by atoms with Gasteiger partial charge >= 0.3 is 0 Å². The van der Waals surface area contributed by atoms with Crippen molar-refractivity contribution in [2.45, 2.75) is 45.7 Å². The molecule has 1 rings (SSSR count). The van der Waals surface area contributed by atoms with Crippen molar-refractivity contribution < 1.29 is 4.74 Å². The van der Waals surface area contributed by atoms with Gasteiger partial charge in [0.25, 0.3) is 0 Å². The van der Waals surface area contributed by atoms with Crippen molar-refractivity contribution in [1.82, 2.24) is 10.2 Å². The molecule has 120 valence electrons. The maximum absolute atomic E-state index is 5.32. The standard InChI is InChI=1S/C18H32N2O/c1-5-12-19-15-18(17-10-8-7-9-11-17)20(13-14-21-4)16(3)6-2/h7-11,16,18-19H,5-6,12-15H2,1-4H3. The first-order valence-electron chi connectivity index (χ1n) is 8.24. The molecule has 0 spiro atoms. The van der Waals surface area contributed by atoms with Gasteiger partial charge in [0.15, 0.2) is 0 Å². The molecule has 0 amide bonds. The fourth-order valence-corrected chi connectivity index (χ4v) is 2.63. The lowest BCUT2D eigenvalue weighted by Crippen LogP contribution is -2.43. The highest BCUT2D eigenvalue weighted by molar-refractivity contribution is 5.19. The highest BCUT2D eigenvalue weighted by Gasteiger charge is 2.23. The first-order chi connectivity index (χ1) is 10.2. The third kappa shape index (κ3) is 6.16. The van der Waals surface area contributed by atoms with Crippen molar-refractivity contribution in [3.8, 4) is 0 Å². The molecule has 0 aliphatic carbocycles. The summed E-state index contributed by atoms with van der Waals surface area (Å²) < 4.78 is 5.32. The van der Waals surface area contributed by atoms with Gasteiger partial charge in [-0.05, 0) is 31.9 Å². The molecule has 0 radical (unpaired) electrons. The summed E-state index contributed by atoms with van der Waals surface area (Å²) in [6.07, 6.45) is 2.32. The largest absolute Gasteiger partial charge is 0.383 e. The van der Waals surface area contributed by atoms with Crippen LogP contribution in [0, 0.1) is 0 Å². The van der Waals surface area contributed by atoms with E-state index in [4.69, 9.17) is 4.74 Å². The zero-order valence-electron chi connectivity index (χ0n) is 14.1. The summed E-state index contributed by atoms with van der Waals surface area (Å²) in [4.78, 5) is 2.57. The number of methoxy groups -OCH3 is 1. The smallest absolute Gasteiger partial charge is 0.0590 e. The summed E-state index contributed by atoms with van der Waals surface area (Å²) >= 11 is 0. The van der Waals surface area contributed by atoms with Gasteiger partial charge in [0.2, 0.25) is 0 Å². The molecular formula is C18H32N2O. The van der Waals surface area contributed by atoms with E-state index < -0.39 is 0 Å². The predicted octanol–water partition coefficient (Wildman–Crippen LogP) is 3.47. The normalized spacial score (nSPS) is 14.3. The number of benzene rings is 1. The van der Waals surface area contributed by atoms with Gasteiger partial charge in [-0.3, -0.25) is 4.90 Å². The van der Waals surface area contributed by atoms with Crippen molar-refractivity contribution >= 4 is 0 Å². The Bertz CT molecular complexity index is 355. The van der Waals surface area contributed by atoms with Crippen LogP contribution in [0.25, 0.3) is 0 Å². The molecular weight excluding hydrogens is 260 g/mol. The first-order valence-corrected chi connectivity index (χ1v) is 8.24. The monoisotopic (exact) mass is 292 g/mol. The van der Waals surface area contributed by atoms with Gasteiger partial charge in [0.1, 0.15) is 0 Å². The first kappa shape index (κ1) is 18.1.